The Hall–Kier alpha value is -2.28. The van der Waals surface area contributed by atoms with Gasteiger partial charge in [-0.15, -0.1) is 10.2 Å². The molecular formula is C18H23N5OS. The molecule has 0 fully saturated rings. The van der Waals surface area contributed by atoms with Gasteiger partial charge in [0.15, 0.2) is 5.16 Å². The molecule has 0 unspecified atom stereocenters. The third-order valence-electron chi connectivity index (χ3n) is 4.01. The summed E-state index contributed by atoms with van der Waals surface area (Å²) >= 11 is 1.42. The molecule has 7 heteroatoms. The van der Waals surface area contributed by atoms with E-state index in [1.807, 2.05) is 16.7 Å². The van der Waals surface area contributed by atoms with Crippen molar-refractivity contribution < 1.29 is 4.79 Å². The van der Waals surface area contributed by atoms with Crippen LogP contribution in [0.2, 0.25) is 0 Å². The zero-order valence-electron chi connectivity index (χ0n) is 14.6. The molecule has 0 aliphatic carbocycles. The standard InChI is InChI=1S/C18H23N5OS/c1-14(2)23-13-20-21-18(23)25-12-17(24)19-9-5-10-22-11-8-15-6-3-4-7-16(15)22/h3-4,6-8,11,13-14H,5,9-10,12H2,1-2H3,(H,19,24). The van der Waals surface area contributed by atoms with E-state index in [4.69, 9.17) is 0 Å². The molecule has 1 amide bonds. The summed E-state index contributed by atoms with van der Waals surface area (Å²) in [6.07, 6.45) is 4.70. The highest BCUT2D eigenvalue weighted by molar-refractivity contribution is 7.99. The van der Waals surface area contributed by atoms with Crippen molar-refractivity contribution in [2.24, 2.45) is 0 Å². The van der Waals surface area contributed by atoms with Crippen LogP contribution in [0.4, 0.5) is 0 Å². The number of aromatic nitrogens is 4. The summed E-state index contributed by atoms with van der Waals surface area (Å²) in [7, 11) is 0. The number of carbonyl (C=O) groups is 1. The smallest absolute Gasteiger partial charge is 0.230 e. The normalized spacial score (nSPS) is 11.3. The van der Waals surface area contributed by atoms with Gasteiger partial charge in [0.1, 0.15) is 6.33 Å². The maximum atomic E-state index is 12.0. The Morgan fingerprint density at radius 2 is 2.12 bits per heavy atom. The van der Waals surface area contributed by atoms with Gasteiger partial charge in [-0.1, -0.05) is 30.0 Å². The van der Waals surface area contributed by atoms with E-state index in [9.17, 15) is 4.79 Å². The van der Waals surface area contributed by atoms with Crippen molar-refractivity contribution in [1.29, 1.82) is 0 Å². The lowest BCUT2D eigenvalue weighted by atomic mass is 10.2. The van der Waals surface area contributed by atoms with Gasteiger partial charge in [-0.2, -0.15) is 0 Å². The first kappa shape index (κ1) is 17.5. The van der Waals surface area contributed by atoms with Gasteiger partial charge >= 0.3 is 0 Å². The molecule has 0 aliphatic heterocycles. The number of hydrogen-bond acceptors (Lipinski definition) is 4. The molecule has 0 atom stereocenters. The second kappa shape index (κ2) is 8.20. The maximum Gasteiger partial charge on any atom is 0.230 e. The minimum atomic E-state index is 0.0284. The fraction of sp³-hybridized carbons (Fsp3) is 0.389. The van der Waals surface area contributed by atoms with Gasteiger partial charge in [0.25, 0.3) is 0 Å². The zero-order valence-corrected chi connectivity index (χ0v) is 15.4. The summed E-state index contributed by atoms with van der Waals surface area (Å²) in [4.78, 5) is 12.0. The molecule has 0 aliphatic rings. The molecule has 1 aromatic carbocycles. The molecule has 2 aromatic heterocycles. The number of benzene rings is 1. The Balaban J connectivity index is 1.40. The van der Waals surface area contributed by atoms with E-state index in [0.717, 1.165) is 18.1 Å². The lowest BCUT2D eigenvalue weighted by molar-refractivity contribution is -0.118. The summed E-state index contributed by atoms with van der Waals surface area (Å²) in [6, 6.07) is 10.7. The van der Waals surface area contributed by atoms with Crippen LogP contribution in [0.15, 0.2) is 48.0 Å². The van der Waals surface area contributed by atoms with Gasteiger partial charge in [-0.25, -0.2) is 0 Å². The van der Waals surface area contributed by atoms with Crippen LogP contribution in [0.3, 0.4) is 0 Å². The highest BCUT2D eigenvalue weighted by Gasteiger charge is 2.10. The van der Waals surface area contributed by atoms with Gasteiger partial charge in [0.2, 0.25) is 5.91 Å². The average molecular weight is 357 g/mol. The maximum absolute atomic E-state index is 12.0. The zero-order chi connectivity index (χ0) is 17.6. The number of nitrogens with one attached hydrogen (secondary N) is 1. The number of amides is 1. The topological polar surface area (TPSA) is 64.7 Å². The Morgan fingerprint density at radius 3 is 2.96 bits per heavy atom. The molecule has 0 bridgehead atoms. The van der Waals surface area contributed by atoms with Gasteiger partial charge in [-0.3, -0.25) is 4.79 Å². The monoisotopic (exact) mass is 357 g/mol. The van der Waals surface area contributed by atoms with Crippen LogP contribution in [0.5, 0.6) is 0 Å². The van der Waals surface area contributed by atoms with Gasteiger partial charge < -0.3 is 14.5 Å². The molecule has 25 heavy (non-hydrogen) atoms. The van der Waals surface area contributed by atoms with Crippen molar-refractivity contribution in [3.05, 3.63) is 42.9 Å². The number of aryl methyl sites for hydroxylation is 1. The Labute approximate surface area is 151 Å². The van der Waals surface area contributed by atoms with Crippen LogP contribution in [0, 0.1) is 0 Å². The van der Waals surface area contributed by atoms with Crippen LogP contribution >= 0.6 is 11.8 Å². The highest BCUT2D eigenvalue weighted by atomic mass is 32.2. The fourth-order valence-electron chi connectivity index (χ4n) is 2.68. The molecule has 132 valence electrons. The van der Waals surface area contributed by atoms with Crippen molar-refractivity contribution in [2.45, 2.75) is 38.0 Å². The van der Waals surface area contributed by atoms with Crippen LogP contribution in [0.25, 0.3) is 10.9 Å². The van der Waals surface area contributed by atoms with Crippen molar-refractivity contribution in [3.8, 4) is 0 Å². The minimum Gasteiger partial charge on any atom is -0.355 e. The number of thioether (sulfide) groups is 1. The fourth-order valence-corrected chi connectivity index (χ4v) is 3.56. The van der Waals surface area contributed by atoms with Gasteiger partial charge in [0.05, 0.1) is 5.75 Å². The predicted octanol–water partition coefficient (Wildman–Crippen LogP) is 3.11. The summed E-state index contributed by atoms with van der Waals surface area (Å²) in [5.74, 6) is 0.387. The number of hydrogen-bond donors (Lipinski definition) is 1. The molecular weight excluding hydrogens is 334 g/mol. The number of fused-ring (bicyclic) bond motifs is 1. The third kappa shape index (κ3) is 4.42. The molecule has 0 spiro atoms. The van der Waals surface area contributed by atoms with Gasteiger partial charge in [-0.05, 0) is 37.8 Å². The van der Waals surface area contributed by atoms with Crippen molar-refractivity contribution in [1.82, 2.24) is 24.6 Å². The van der Waals surface area contributed by atoms with E-state index in [2.05, 4.69) is 58.3 Å². The second-order valence-electron chi connectivity index (χ2n) is 6.17. The Morgan fingerprint density at radius 1 is 1.28 bits per heavy atom. The van der Waals surface area contributed by atoms with E-state index < -0.39 is 0 Å². The Kier molecular flexibility index (Phi) is 5.75. The lowest BCUT2D eigenvalue weighted by Crippen LogP contribution is -2.27. The number of nitrogens with zero attached hydrogens (tertiary/aromatic N) is 4. The van der Waals surface area contributed by atoms with Gasteiger partial charge in [0, 0.05) is 30.8 Å². The summed E-state index contributed by atoms with van der Waals surface area (Å²) in [6.45, 7) is 5.70. The van der Waals surface area contributed by atoms with Crippen molar-refractivity contribution in [2.75, 3.05) is 12.3 Å². The molecule has 3 rings (SSSR count). The number of carbonyl (C=O) groups excluding carboxylic acids is 1. The summed E-state index contributed by atoms with van der Waals surface area (Å²) in [5, 5.41) is 13.0. The summed E-state index contributed by atoms with van der Waals surface area (Å²) in [5.41, 5.74) is 1.23. The van der Waals surface area contributed by atoms with Crippen LogP contribution in [0.1, 0.15) is 26.3 Å². The van der Waals surface area contributed by atoms with E-state index in [1.165, 1.54) is 22.7 Å². The number of rotatable bonds is 8. The van der Waals surface area contributed by atoms with E-state index in [-0.39, 0.29) is 11.9 Å². The number of para-hydroxylation sites is 1. The molecule has 2 heterocycles. The van der Waals surface area contributed by atoms with Crippen LogP contribution in [-0.4, -0.2) is 37.5 Å². The quantitative estimate of drug-likeness (QED) is 0.497. The van der Waals surface area contributed by atoms with E-state index >= 15 is 0 Å². The van der Waals surface area contributed by atoms with E-state index in [1.54, 1.807) is 6.33 Å². The largest absolute Gasteiger partial charge is 0.355 e. The Bertz CT molecular complexity index is 839. The van der Waals surface area contributed by atoms with Crippen LogP contribution < -0.4 is 5.32 Å². The molecule has 0 radical (unpaired) electrons. The molecule has 3 aromatic rings. The first-order valence-electron chi connectivity index (χ1n) is 8.48. The van der Waals surface area contributed by atoms with Crippen LogP contribution in [-0.2, 0) is 11.3 Å². The molecule has 0 saturated carbocycles. The minimum absolute atomic E-state index is 0.0284. The second-order valence-corrected chi connectivity index (χ2v) is 7.12. The summed E-state index contributed by atoms with van der Waals surface area (Å²) < 4.78 is 4.19. The highest BCUT2D eigenvalue weighted by Crippen LogP contribution is 2.18. The molecule has 1 N–H and O–H groups in total. The predicted molar refractivity (Wildman–Crippen MR) is 101 cm³/mol. The SMILES string of the molecule is CC(C)n1cnnc1SCC(=O)NCCCn1ccc2ccccc21. The molecule has 6 nitrogen and oxygen atoms in total. The third-order valence-corrected chi connectivity index (χ3v) is 4.96. The average Bonchev–Trinajstić information content (AvgIpc) is 3.24. The first-order chi connectivity index (χ1) is 12.1. The molecule has 0 saturated heterocycles. The first-order valence-corrected chi connectivity index (χ1v) is 9.46. The lowest BCUT2D eigenvalue weighted by Gasteiger charge is -2.10. The van der Waals surface area contributed by atoms with Crippen molar-refractivity contribution in [3.63, 3.8) is 0 Å². The van der Waals surface area contributed by atoms with E-state index in [0.29, 0.717) is 12.3 Å². The van der Waals surface area contributed by atoms with Crippen molar-refractivity contribution >= 4 is 28.6 Å².